The summed E-state index contributed by atoms with van der Waals surface area (Å²) in [6.07, 6.45) is -2.45. The molecule has 1 unspecified atom stereocenters. The summed E-state index contributed by atoms with van der Waals surface area (Å²) in [5.41, 5.74) is -2.23. The van der Waals surface area contributed by atoms with E-state index in [0.29, 0.717) is 11.1 Å². The Bertz CT molecular complexity index is 543. The quantitative estimate of drug-likeness (QED) is 0.835. The van der Waals surface area contributed by atoms with Crippen molar-refractivity contribution in [2.45, 2.75) is 52.1 Å². The van der Waals surface area contributed by atoms with E-state index in [1.165, 1.54) is 6.92 Å². The molecule has 1 aromatic rings. The van der Waals surface area contributed by atoms with Gasteiger partial charge in [-0.2, -0.15) is 0 Å². The fourth-order valence-corrected chi connectivity index (χ4v) is 1.58. The summed E-state index contributed by atoms with van der Waals surface area (Å²) in [4.78, 5) is 22.9. The normalized spacial score (nSPS) is 13.3. The van der Waals surface area contributed by atoms with Gasteiger partial charge in [-0.1, -0.05) is 12.1 Å². The SMILES string of the molecule is CCC(C)(C)NC(=O)C(C)n1nnc(C(=O)O)c1C(F)F. The van der Waals surface area contributed by atoms with Crippen molar-refractivity contribution < 1.29 is 23.5 Å². The second-order valence-corrected chi connectivity index (χ2v) is 5.28. The van der Waals surface area contributed by atoms with Crippen LogP contribution in [0, 0.1) is 0 Å². The smallest absolute Gasteiger partial charge is 0.358 e. The van der Waals surface area contributed by atoms with Gasteiger partial charge in [0, 0.05) is 5.54 Å². The van der Waals surface area contributed by atoms with E-state index in [1.807, 2.05) is 6.92 Å². The molecular weight excluding hydrogens is 286 g/mol. The van der Waals surface area contributed by atoms with Crippen LogP contribution in [0.1, 0.15) is 62.8 Å². The number of aromatic nitrogens is 3. The minimum absolute atomic E-state index is 0.507. The highest BCUT2D eigenvalue weighted by Crippen LogP contribution is 2.24. The molecule has 7 nitrogen and oxygen atoms in total. The van der Waals surface area contributed by atoms with Crippen LogP contribution in [0.25, 0.3) is 0 Å². The van der Waals surface area contributed by atoms with Crippen molar-refractivity contribution in [2.24, 2.45) is 0 Å². The standard InChI is InChI=1S/C12H18F2N4O3/c1-5-12(3,4)15-10(19)6(2)18-8(9(13)14)7(11(20)21)16-17-18/h6,9H,5H2,1-4H3,(H,15,19)(H,20,21). The van der Waals surface area contributed by atoms with Crippen LogP contribution in [0.4, 0.5) is 8.78 Å². The van der Waals surface area contributed by atoms with Crippen molar-refractivity contribution in [1.82, 2.24) is 20.3 Å². The predicted molar refractivity (Wildman–Crippen MR) is 69.2 cm³/mol. The largest absolute Gasteiger partial charge is 0.476 e. The molecular formula is C12H18F2N4O3. The number of nitrogens with one attached hydrogen (secondary N) is 1. The number of nitrogens with zero attached hydrogens (tertiary/aromatic N) is 3. The third kappa shape index (κ3) is 3.73. The number of amides is 1. The third-order valence-electron chi connectivity index (χ3n) is 3.23. The van der Waals surface area contributed by atoms with E-state index < -0.39 is 41.3 Å². The van der Waals surface area contributed by atoms with Gasteiger partial charge in [-0.15, -0.1) is 5.10 Å². The van der Waals surface area contributed by atoms with Crippen molar-refractivity contribution in [3.05, 3.63) is 11.4 Å². The van der Waals surface area contributed by atoms with Gasteiger partial charge >= 0.3 is 5.97 Å². The molecule has 1 aromatic heterocycles. The molecule has 0 aromatic carbocycles. The molecule has 0 fully saturated rings. The number of hydrogen-bond donors (Lipinski definition) is 2. The maximum Gasteiger partial charge on any atom is 0.358 e. The molecule has 0 saturated heterocycles. The number of carboxylic acid groups (broad SMARTS) is 1. The maximum absolute atomic E-state index is 13.0. The molecule has 0 bridgehead atoms. The van der Waals surface area contributed by atoms with Crippen LogP contribution in [0.2, 0.25) is 0 Å². The molecule has 21 heavy (non-hydrogen) atoms. The average molecular weight is 304 g/mol. The Morgan fingerprint density at radius 1 is 1.43 bits per heavy atom. The number of hydrogen-bond acceptors (Lipinski definition) is 4. The highest BCUT2D eigenvalue weighted by atomic mass is 19.3. The molecule has 1 amide bonds. The van der Waals surface area contributed by atoms with Gasteiger partial charge in [-0.3, -0.25) is 4.79 Å². The number of carbonyl (C=O) groups is 2. The minimum Gasteiger partial charge on any atom is -0.476 e. The molecule has 0 saturated carbocycles. The summed E-state index contributed by atoms with van der Waals surface area (Å²) >= 11 is 0. The van der Waals surface area contributed by atoms with Gasteiger partial charge in [-0.25, -0.2) is 18.3 Å². The third-order valence-corrected chi connectivity index (χ3v) is 3.23. The number of carbonyl (C=O) groups excluding carboxylic acids is 1. The molecule has 1 rings (SSSR count). The first kappa shape index (κ1) is 17.0. The van der Waals surface area contributed by atoms with Gasteiger partial charge in [0.15, 0.2) is 5.69 Å². The summed E-state index contributed by atoms with van der Waals surface area (Å²) in [7, 11) is 0. The molecule has 2 N–H and O–H groups in total. The highest BCUT2D eigenvalue weighted by molar-refractivity contribution is 5.87. The number of rotatable bonds is 6. The topological polar surface area (TPSA) is 97.1 Å². The molecule has 9 heteroatoms. The summed E-state index contributed by atoms with van der Waals surface area (Å²) in [5, 5.41) is 18.1. The molecule has 0 spiro atoms. The monoisotopic (exact) mass is 304 g/mol. The number of alkyl halides is 2. The van der Waals surface area contributed by atoms with Crippen LogP contribution in [-0.2, 0) is 4.79 Å². The predicted octanol–water partition coefficient (Wildman–Crippen LogP) is 1.78. The van der Waals surface area contributed by atoms with Crippen LogP contribution in [0.5, 0.6) is 0 Å². The molecule has 0 aliphatic heterocycles. The summed E-state index contributed by atoms with van der Waals surface area (Å²) in [6, 6.07) is -1.10. The minimum atomic E-state index is -3.10. The van der Waals surface area contributed by atoms with Crippen LogP contribution >= 0.6 is 0 Å². The zero-order valence-electron chi connectivity index (χ0n) is 12.2. The van der Waals surface area contributed by atoms with E-state index >= 15 is 0 Å². The number of carboxylic acids is 1. The first-order valence-corrected chi connectivity index (χ1v) is 6.39. The zero-order valence-corrected chi connectivity index (χ0v) is 12.2. The number of halogens is 2. The average Bonchev–Trinajstić information content (AvgIpc) is 2.82. The van der Waals surface area contributed by atoms with Crippen molar-refractivity contribution in [3.63, 3.8) is 0 Å². The summed E-state index contributed by atoms with van der Waals surface area (Å²) in [6.45, 7) is 6.80. The molecule has 0 aliphatic rings. The van der Waals surface area contributed by atoms with Gasteiger partial charge < -0.3 is 10.4 Å². The maximum atomic E-state index is 13.0. The molecule has 1 heterocycles. The Balaban J connectivity index is 3.10. The second-order valence-electron chi connectivity index (χ2n) is 5.28. The lowest BCUT2D eigenvalue weighted by molar-refractivity contribution is -0.126. The summed E-state index contributed by atoms with van der Waals surface area (Å²) < 4.78 is 26.7. The Labute approximate surface area is 120 Å². The fourth-order valence-electron chi connectivity index (χ4n) is 1.58. The first-order valence-electron chi connectivity index (χ1n) is 6.39. The Kier molecular flexibility index (Phi) is 4.97. The van der Waals surface area contributed by atoms with Gasteiger partial charge in [0.25, 0.3) is 6.43 Å². The van der Waals surface area contributed by atoms with Gasteiger partial charge in [0.2, 0.25) is 5.91 Å². The van der Waals surface area contributed by atoms with Crippen molar-refractivity contribution in [1.29, 1.82) is 0 Å². The van der Waals surface area contributed by atoms with Crippen LogP contribution < -0.4 is 5.32 Å². The Morgan fingerprint density at radius 2 is 2.00 bits per heavy atom. The zero-order chi connectivity index (χ0) is 16.4. The van der Waals surface area contributed by atoms with E-state index in [9.17, 15) is 18.4 Å². The Hall–Kier alpha value is -2.06. The van der Waals surface area contributed by atoms with E-state index in [4.69, 9.17) is 5.11 Å². The summed E-state index contributed by atoms with van der Waals surface area (Å²) in [5.74, 6) is -2.15. The fraction of sp³-hybridized carbons (Fsp3) is 0.667. The van der Waals surface area contributed by atoms with Crippen molar-refractivity contribution in [3.8, 4) is 0 Å². The molecule has 1 atom stereocenters. The lowest BCUT2D eigenvalue weighted by atomic mass is 10.0. The number of aromatic carboxylic acids is 1. The lowest BCUT2D eigenvalue weighted by Crippen LogP contribution is -2.46. The Morgan fingerprint density at radius 3 is 2.43 bits per heavy atom. The molecule has 0 radical (unpaired) electrons. The van der Waals surface area contributed by atoms with Crippen molar-refractivity contribution >= 4 is 11.9 Å². The first-order chi connectivity index (χ1) is 9.60. The van der Waals surface area contributed by atoms with Gasteiger partial charge in [0.05, 0.1) is 0 Å². The van der Waals surface area contributed by atoms with Crippen LogP contribution in [0.15, 0.2) is 0 Å². The second kappa shape index (κ2) is 6.15. The van der Waals surface area contributed by atoms with E-state index in [0.717, 1.165) is 0 Å². The van der Waals surface area contributed by atoms with E-state index in [-0.39, 0.29) is 0 Å². The van der Waals surface area contributed by atoms with Crippen LogP contribution in [-0.4, -0.2) is 37.5 Å². The van der Waals surface area contributed by atoms with Gasteiger partial charge in [-0.05, 0) is 27.2 Å². The van der Waals surface area contributed by atoms with Crippen LogP contribution in [0.3, 0.4) is 0 Å². The molecule has 118 valence electrons. The highest BCUT2D eigenvalue weighted by Gasteiger charge is 2.32. The van der Waals surface area contributed by atoms with Crippen molar-refractivity contribution in [2.75, 3.05) is 0 Å². The van der Waals surface area contributed by atoms with E-state index in [2.05, 4.69) is 15.6 Å². The van der Waals surface area contributed by atoms with E-state index in [1.54, 1.807) is 13.8 Å². The molecule has 0 aliphatic carbocycles. The lowest BCUT2D eigenvalue weighted by Gasteiger charge is -2.26. The van der Waals surface area contributed by atoms with Gasteiger partial charge in [0.1, 0.15) is 11.7 Å².